The van der Waals surface area contributed by atoms with Crippen LogP contribution in [0, 0.1) is 0 Å². The first-order chi connectivity index (χ1) is 10.7. The monoisotopic (exact) mass is 293 g/mol. The Labute approximate surface area is 128 Å². The molecule has 2 atom stereocenters. The van der Waals surface area contributed by atoms with E-state index >= 15 is 0 Å². The molecule has 0 aliphatic carbocycles. The first kappa shape index (κ1) is 13.2. The van der Waals surface area contributed by atoms with Gasteiger partial charge in [-0.3, -0.25) is 9.59 Å². The number of hydrogen-bond acceptors (Lipinski definition) is 3. The van der Waals surface area contributed by atoms with Crippen molar-refractivity contribution in [3.05, 3.63) is 65.7 Å². The fraction of sp³-hybridized carbons (Fsp3) is 0.222. The lowest BCUT2D eigenvalue weighted by Crippen LogP contribution is -2.44. The number of ketones is 1. The molecule has 1 fully saturated rings. The van der Waals surface area contributed by atoms with E-state index < -0.39 is 5.60 Å². The summed E-state index contributed by atoms with van der Waals surface area (Å²) in [6.45, 7) is 0. The third-order valence-electron chi connectivity index (χ3n) is 4.35. The molecule has 4 heteroatoms. The van der Waals surface area contributed by atoms with E-state index in [0.29, 0.717) is 6.42 Å². The predicted octanol–water partition coefficient (Wildman–Crippen LogP) is 2.95. The summed E-state index contributed by atoms with van der Waals surface area (Å²) in [6.07, 6.45) is 0.0137. The van der Waals surface area contributed by atoms with Crippen molar-refractivity contribution in [3.8, 4) is 0 Å². The van der Waals surface area contributed by atoms with Crippen molar-refractivity contribution < 1.29 is 14.3 Å². The summed E-state index contributed by atoms with van der Waals surface area (Å²) in [5.74, 6) is -0.199. The van der Waals surface area contributed by atoms with Gasteiger partial charge in [0, 0.05) is 24.1 Å². The Hall–Kier alpha value is -2.46. The van der Waals surface area contributed by atoms with Gasteiger partial charge >= 0.3 is 0 Å². The van der Waals surface area contributed by atoms with Crippen LogP contribution in [0.15, 0.2) is 54.6 Å². The molecule has 4 nitrogen and oxygen atoms in total. The SMILES string of the molecule is O=C1C[C@@H](c2ccccc2)O[C@@]2(C1)C(=O)Nc1ccccc12. The van der Waals surface area contributed by atoms with Gasteiger partial charge in [-0.25, -0.2) is 0 Å². The van der Waals surface area contributed by atoms with Crippen LogP contribution in [0.3, 0.4) is 0 Å². The Kier molecular flexibility index (Phi) is 2.87. The van der Waals surface area contributed by atoms with Crippen molar-refractivity contribution >= 4 is 17.4 Å². The number of nitrogens with one attached hydrogen (secondary N) is 1. The van der Waals surface area contributed by atoms with Crippen molar-refractivity contribution in [2.45, 2.75) is 24.5 Å². The summed E-state index contributed by atoms with van der Waals surface area (Å²) in [6, 6.07) is 17.0. The van der Waals surface area contributed by atoms with Gasteiger partial charge in [-0.15, -0.1) is 0 Å². The molecule has 1 N–H and O–H groups in total. The summed E-state index contributed by atoms with van der Waals surface area (Å²) >= 11 is 0. The molecule has 0 unspecified atom stereocenters. The number of anilines is 1. The molecule has 2 aliphatic heterocycles. The van der Waals surface area contributed by atoms with Gasteiger partial charge < -0.3 is 10.1 Å². The van der Waals surface area contributed by atoms with E-state index in [2.05, 4.69) is 5.32 Å². The number of Topliss-reactive ketones (excluding diaryl/α,β-unsaturated/α-hetero) is 1. The van der Waals surface area contributed by atoms with Gasteiger partial charge in [-0.2, -0.15) is 0 Å². The van der Waals surface area contributed by atoms with Gasteiger partial charge in [-0.05, 0) is 11.6 Å². The summed E-state index contributed by atoms with van der Waals surface area (Å²) < 4.78 is 6.20. The number of fused-ring (bicyclic) bond motifs is 2. The molecule has 2 heterocycles. The molecule has 0 bridgehead atoms. The van der Waals surface area contributed by atoms with E-state index in [-0.39, 0.29) is 24.2 Å². The Morgan fingerprint density at radius 2 is 1.73 bits per heavy atom. The van der Waals surface area contributed by atoms with Crippen molar-refractivity contribution in [3.63, 3.8) is 0 Å². The van der Waals surface area contributed by atoms with Crippen molar-refractivity contribution in [2.75, 3.05) is 5.32 Å². The first-order valence-corrected chi connectivity index (χ1v) is 7.34. The summed E-state index contributed by atoms with van der Waals surface area (Å²) in [7, 11) is 0. The Morgan fingerprint density at radius 1 is 1.00 bits per heavy atom. The number of carbonyl (C=O) groups excluding carboxylic acids is 2. The van der Waals surface area contributed by atoms with Gasteiger partial charge in [0.2, 0.25) is 0 Å². The summed E-state index contributed by atoms with van der Waals surface area (Å²) in [5.41, 5.74) is 1.22. The lowest BCUT2D eigenvalue weighted by Gasteiger charge is -2.36. The lowest BCUT2D eigenvalue weighted by atomic mass is 9.84. The van der Waals surface area contributed by atoms with Crippen LogP contribution in [-0.2, 0) is 19.9 Å². The van der Waals surface area contributed by atoms with Gasteiger partial charge in [-0.1, -0.05) is 48.5 Å². The minimum absolute atomic E-state index is 0.0481. The van der Waals surface area contributed by atoms with E-state index in [1.54, 1.807) is 0 Å². The maximum Gasteiger partial charge on any atom is 0.261 e. The Bertz CT molecular complexity index is 756. The second-order valence-corrected chi connectivity index (χ2v) is 5.76. The molecule has 1 spiro atoms. The van der Waals surface area contributed by atoms with E-state index in [1.807, 2.05) is 54.6 Å². The second kappa shape index (κ2) is 4.78. The number of para-hydroxylation sites is 1. The zero-order chi connectivity index (χ0) is 15.2. The maximum absolute atomic E-state index is 12.5. The normalized spacial score (nSPS) is 26.8. The molecule has 1 saturated heterocycles. The van der Waals surface area contributed by atoms with Crippen molar-refractivity contribution in [2.24, 2.45) is 0 Å². The Morgan fingerprint density at radius 3 is 2.55 bits per heavy atom. The molecule has 2 aliphatic rings. The van der Waals surface area contributed by atoms with E-state index in [0.717, 1.165) is 16.8 Å². The minimum atomic E-state index is -1.19. The molecule has 2 aromatic rings. The molecule has 22 heavy (non-hydrogen) atoms. The lowest BCUT2D eigenvalue weighted by molar-refractivity contribution is -0.170. The van der Waals surface area contributed by atoms with Crippen LogP contribution in [0.5, 0.6) is 0 Å². The van der Waals surface area contributed by atoms with E-state index in [9.17, 15) is 9.59 Å². The van der Waals surface area contributed by atoms with Crippen LogP contribution >= 0.6 is 0 Å². The molecule has 110 valence electrons. The Balaban J connectivity index is 1.79. The second-order valence-electron chi connectivity index (χ2n) is 5.76. The van der Waals surface area contributed by atoms with Crippen LogP contribution in [0.1, 0.15) is 30.1 Å². The van der Waals surface area contributed by atoms with Crippen LogP contribution in [-0.4, -0.2) is 11.7 Å². The van der Waals surface area contributed by atoms with Crippen molar-refractivity contribution in [1.29, 1.82) is 0 Å². The maximum atomic E-state index is 12.5. The largest absolute Gasteiger partial charge is 0.351 e. The van der Waals surface area contributed by atoms with Crippen LogP contribution in [0.2, 0.25) is 0 Å². The average Bonchev–Trinajstić information content (AvgIpc) is 2.80. The van der Waals surface area contributed by atoms with Crippen molar-refractivity contribution in [1.82, 2.24) is 0 Å². The zero-order valence-corrected chi connectivity index (χ0v) is 11.9. The number of ether oxygens (including phenoxy) is 1. The van der Waals surface area contributed by atoms with Crippen LogP contribution in [0.4, 0.5) is 5.69 Å². The molecular formula is C18H15NO3. The topological polar surface area (TPSA) is 55.4 Å². The fourth-order valence-corrected chi connectivity index (χ4v) is 3.32. The third kappa shape index (κ3) is 1.88. The molecule has 0 saturated carbocycles. The summed E-state index contributed by atoms with van der Waals surface area (Å²) in [4.78, 5) is 24.8. The smallest absolute Gasteiger partial charge is 0.261 e. The summed E-state index contributed by atoms with van der Waals surface area (Å²) in [5, 5.41) is 2.83. The molecule has 1 amide bonds. The first-order valence-electron chi connectivity index (χ1n) is 7.34. The molecule has 0 radical (unpaired) electrons. The van der Waals surface area contributed by atoms with Crippen LogP contribution < -0.4 is 5.32 Å². The highest BCUT2D eigenvalue weighted by molar-refractivity contribution is 6.07. The highest BCUT2D eigenvalue weighted by Gasteiger charge is 2.53. The van der Waals surface area contributed by atoms with Gasteiger partial charge in [0.1, 0.15) is 5.78 Å². The highest BCUT2D eigenvalue weighted by Crippen LogP contribution is 2.48. The van der Waals surface area contributed by atoms with E-state index in [4.69, 9.17) is 4.74 Å². The van der Waals surface area contributed by atoms with Gasteiger partial charge in [0.15, 0.2) is 5.60 Å². The third-order valence-corrected chi connectivity index (χ3v) is 4.35. The number of benzene rings is 2. The standard InChI is InChI=1S/C18H15NO3/c20-13-10-16(12-6-2-1-3-7-12)22-18(11-13)14-8-4-5-9-15(14)19-17(18)21/h1-9,16H,10-11H2,(H,19,21)/t16-,18+/m0/s1. The minimum Gasteiger partial charge on any atom is -0.351 e. The van der Waals surface area contributed by atoms with E-state index in [1.165, 1.54) is 0 Å². The average molecular weight is 293 g/mol. The van der Waals surface area contributed by atoms with Gasteiger partial charge in [0.25, 0.3) is 5.91 Å². The van der Waals surface area contributed by atoms with Crippen LogP contribution in [0.25, 0.3) is 0 Å². The number of carbonyl (C=O) groups is 2. The molecule has 4 rings (SSSR count). The number of rotatable bonds is 1. The highest BCUT2D eigenvalue weighted by atomic mass is 16.5. The van der Waals surface area contributed by atoms with Gasteiger partial charge in [0.05, 0.1) is 6.10 Å². The number of amides is 1. The molecule has 0 aromatic heterocycles. The predicted molar refractivity (Wildman–Crippen MR) is 81.3 cm³/mol. The quantitative estimate of drug-likeness (QED) is 0.879. The molecular weight excluding hydrogens is 278 g/mol. The zero-order valence-electron chi connectivity index (χ0n) is 11.9. The fourth-order valence-electron chi connectivity index (χ4n) is 3.32. The molecule has 2 aromatic carbocycles. The number of hydrogen-bond donors (Lipinski definition) is 1.